The minimum Gasteiger partial charge on any atom is -0.370 e. The van der Waals surface area contributed by atoms with Crippen LogP contribution >= 0.6 is 11.3 Å². The largest absolute Gasteiger partial charge is 0.370 e. The summed E-state index contributed by atoms with van der Waals surface area (Å²) in [4.78, 5) is 8.43. The Morgan fingerprint density at radius 1 is 1.33 bits per heavy atom. The highest BCUT2D eigenvalue weighted by Gasteiger charge is 2.06. The molecule has 2 aromatic heterocycles. The van der Waals surface area contributed by atoms with Crippen LogP contribution in [0.25, 0.3) is 0 Å². The van der Waals surface area contributed by atoms with Crippen molar-refractivity contribution in [2.24, 2.45) is 0 Å². The quantitative estimate of drug-likeness (QED) is 0.836. The molecule has 0 saturated carbocycles. The Kier molecular flexibility index (Phi) is 4.52. The summed E-state index contributed by atoms with van der Waals surface area (Å²) in [6.45, 7) is 5.19. The van der Waals surface area contributed by atoms with Gasteiger partial charge in [0.1, 0.15) is 18.0 Å². The molecule has 5 heteroatoms. The summed E-state index contributed by atoms with van der Waals surface area (Å²) in [6, 6.07) is 4.32. The first-order chi connectivity index (χ1) is 8.79. The van der Waals surface area contributed by atoms with E-state index in [4.69, 9.17) is 0 Å². The molecule has 4 nitrogen and oxygen atoms in total. The third-order valence-electron chi connectivity index (χ3n) is 2.63. The zero-order chi connectivity index (χ0) is 12.8. The van der Waals surface area contributed by atoms with Gasteiger partial charge in [0, 0.05) is 12.6 Å². The molecule has 2 aromatic rings. The molecule has 1 unspecified atom stereocenters. The van der Waals surface area contributed by atoms with E-state index >= 15 is 0 Å². The van der Waals surface area contributed by atoms with Crippen LogP contribution < -0.4 is 10.6 Å². The SMILES string of the molecule is CCCNc1cc(NC(C)c2ccsc2)ncn1. The van der Waals surface area contributed by atoms with Gasteiger partial charge < -0.3 is 10.6 Å². The van der Waals surface area contributed by atoms with Crippen LogP contribution in [0.3, 0.4) is 0 Å². The van der Waals surface area contributed by atoms with Crippen molar-refractivity contribution in [1.82, 2.24) is 9.97 Å². The number of hydrogen-bond acceptors (Lipinski definition) is 5. The van der Waals surface area contributed by atoms with Crippen LogP contribution in [0.2, 0.25) is 0 Å². The summed E-state index contributed by atoms with van der Waals surface area (Å²) >= 11 is 1.71. The van der Waals surface area contributed by atoms with E-state index in [1.165, 1.54) is 5.56 Å². The van der Waals surface area contributed by atoms with Crippen molar-refractivity contribution in [2.45, 2.75) is 26.3 Å². The molecule has 0 aliphatic rings. The van der Waals surface area contributed by atoms with Crippen LogP contribution in [0.5, 0.6) is 0 Å². The van der Waals surface area contributed by atoms with E-state index in [0.29, 0.717) is 0 Å². The predicted octanol–water partition coefficient (Wildman–Crippen LogP) is 3.53. The molecular weight excluding hydrogens is 244 g/mol. The predicted molar refractivity (Wildman–Crippen MR) is 77.2 cm³/mol. The first kappa shape index (κ1) is 12.8. The lowest BCUT2D eigenvalue weighted by Gasteiger charge is -2.13. The first-order valence-electron chi connectivity index (χ1n) is 6.14. The van der Waals surface area contributed by atoms with E-state index in [1.54, 1.807) is 17.7 Å². The molecule has 0 radical (unpaired) electrons. The second-order valence-corrected chi connectivity index (χ2v) is 4.92. The Labute approximate surface area is 111 Å². The fourth-order valence-electron chi connectivity index (χ4n) is 1.61. The molecule has 18 heavy (non-hydrogen) atoms. The van der Waals surface area contributed by atoms with Gasteiger partial charge in [0.05, 0.1) is 6.04 Å². The number of rotatable bonds is 6. The monoisotopic (exact) mass is 262 g/mol. The van der Waals surface area contributed by atoms with E-state index < -0.39 is 0 Å². The number of anilines is 2. The molecule has 2 N–H and O–H groups in total. The lowest BCUT2D eigenvalue weighted by atomic mass is 10.2. The summed E-state index contributed by atoms with van der Waals surface area (Å²) in [7, 11) is 0. The Morgan fingerprint density at radius 3 is 2.89 bits per heavy atom. The van der Waals surface area contributed by atoms with Crippen LogP contribution in [0.1, 0.15) is 31.9 Å². The first-order valence-corrected chi connectivity index (χ1v) is 7.08. The highest BCUT2D eigenvalue weighted by atomic mass is 32.1. The minimum atomic E-state index is 0.255. The lowest BCUT2D eigenvalue weighted by molar-refractivity contribution is 0.876. The smallest absolute Gasteiger partial charge is 0.131 e. The second kappa shape index (κ2) is 6.35. The normalized spacial score (nSPS) is 12.1. The molecule has 0 bridgehead atoms. The van der Waals surface area contributed by atoms with Crippen LogP contribution in [-0.4, -0.2) is 16.5 Å². The van der Waals surface area contributed by atoms with Gasteiger partial charge in [0.25, 0.3) is 0 Å². The van der Waals surface area contributed by atoms with Crippen LogP contribution in [-0.2, 0) is 0 Å². The number of nitrogens with one attached hydrogen (secondary N) is 2. The standard InChI is InChI=1S/C13H18N4S/c1-3-5-14-12-7-13(16-9-15-12)17-10(2)11-4-6-18-8-11/h4,6-10H,3,5H2,1-2H3,(H2,14,15,16,17). The van der Waals surface area contributed by atoms with Gasteiger partial charge >= 0.3 is 0 Å². The third kappa shape index (κ3) is 3.43. The van der Waals surface area contributed by atoms with Crippen LogP contribution in [0.4, 0.5) is 11.6 Å². The molecule has 0 spiro atoms. The zero-order valence-corrected chi connectivity index (χ0v) is 11.5. The molecular formula is C13H18N4S. The summed E-state index contributed by atoms with van der Waals surface area (Å²) in [5.74, 6) is 1.72. The Bertz CT molecular complexity index is 470. The maximum atomic E-state index is 4.24. The summed E-state index contributed by atoms with van der Waals surface area (Å²) in [6.07, 6.45) is 2.67. The Balaban J connectivity index is 2.00. The zero-order valence-electron chi connectivity index (χ0n) is 10.7. The Morgan fingerprint density at radius 2 is 2.17 bits per heavy atom. The van der Waals surface area contributed by atoms with E-state index in [1.807, 2.05) is 6.07 Å². The molecule has 2 heterocycles. The molecule has 0 amide bonds. The summed E-state index contributed by atoms with van der Waals surface area (Å²) in [5, 5.41) is 10.9. The molecule has 0 aliphatic carbocycles. The average Bonchev–Trinajstić information content (AvgIpc) is 2.91. The topological polar surface area (TPSA) is 49.8 Å². The van der Waals surface area contributed by atoms with Gasteiger partial charge in [0.15, 0.2) is 0 Å². The molecule has 1 atom stereocenters. The van der Waals surface area contributed by atoms with Gasteiger partial charge in [-0.3, -0.25) is 0 Å². The number of aromatic nitrogens is 2. The van der Waals surface area contributed by atoms with E-state index in [9.17, 15) is 0 Å². The molecule has 0 aliphatic heterocycles. The van der Waals surface area contributed by atoms with Gasteiger partial charge in [-0.25, -0.2) is 9.97 Å². The summed E-state index contributed by atoms with van der Waals surface area (Å²) in [5.41, 5.74) is 1.28. The van der Waals surface area contributed by atoms with Crippen molar-refractivity contribution in [3.05, 3.63) is 34.8 Å². The van der Waals surface area contributed by atoms with Crippen molar-refractivity contribution in [2.75, 3.05) is 17.2 Å². The molecule has 2 rings (SSSR count). The number of thiophene rings is 1. The highest BCUT2D eigenvalue weighted by molar-refractivity contribution is 7.07. The molecule has 0 fully saturated rings. The summed E-state index contributed by atoms with van der Waals surface area (Å²) < 4.78 is 0. The minimum absolute atomic E-state index is 0.255. The van der Waals surface area contributed by atoms with Gasteiger partial charge in [-0.1, -0.05) is 6.92 Å². The molecule has 0 saturated heterocycles. The van der Waals surface area contributed by atoms with Crippen molar-refractivity contribution in [3.8, 4) is 0 Å². The number of nitrogens with zero attached hydrogens (tertiary/aromatic N) is 2. The number of hydrogen-bond donors (Lipinski definition) is 2. The van der Waals surface area contributed by atoms with Crippen molar-refractivity contribution in [1.29, 1.82) is 0 Å². The van der Waals surface area contributed by atoms with Gasteiger partial charge in [-0.2, -0.15) is 11.3 Å². The fourth-order valence-corrected chi connectivity index (χ4v) is 2.37. The van der Waals surface area contributed by atoms with E-state index in [2.05, 4.69) is 51.3 Å². The van der Waals surface area contributed by atoms with Crippen LogP contribution in [0, 0.1) is 0 Å². The van der Waals surface area contributed by atoms with Crippen LogP contribution in [0.15, 0.2) is 29.2 Å². The van der Waals surface area contributed by atoms with Crippen molar-refractivity contribution >= 4 is 23.0 Å². The molecule has 0 aromatic carbocycles. The van der Waals surface area contributed by atoms with Crippen molar-refractivity contribution < 1.29 is 0 Å². The maximum absolute atomic E-state index is 4.24. The van der Waals surface area contributed by atoms with E-state index in [-0.39, 0.29) is 6.04 Å². The lowest BCUT2D eigenvalue weighted by Crippen LogP contribution is -2.08. The van der Waals surface area contributed by atoms with Gasteiger partial charge in [-0.15, -0.1) is 0 Å². The Hall–Kier alpha value is -1.62. The fraction of sp³-hybridized carbons (Fsp3) is 0.385. The van der Waals surface area contributed by atoms with Gasteiger partial charge in [-0.05, 0) is 35.7 Å². The third-order valence-corrected chi connectivity index (χ3v) is 3.33. The molecule has 96 valence electrons. The van der Waals surface area contributed by atoms with E-state index in [0.717, 1.165) is 24.6 Å². The highest BCUT2D eigenvalue weighted by Crippen LogP contribution is 2.20. The van der Waals surface area contributed by atoms with Crippen molar-refractivity contribution in [3.63, 3.8) is 0 Å². The van der Waals surface area contributed by atoms with Gasteiger partial charge in [0.2, 0.25) is 0 Å². The second-order valence-electron chi connectivity index (χ2n) is 4.14. The average molecular weight is 262 g/mol. The maximum Gasteiger partial charge on any atom is 0.131 e.